The summed E-state index contributed by atoms with van der Waals surface area (Å²) in [6.45, 7) is 4.51. The number of rotatable bonds is 2. The summed E-state index contributed by atoms with van der Waals surface area (Å²) in [6, 6.07) is -0.330. The van der Waals surface area contributed by atoms with Gasteiger partial charge in [0.15, 0.2) is 0 Å². The van der Waals surface area contributed by atoms with Gasteiger partial charge in [-0.05, 0) is 13.3 Å². The van der Waals surface area contributed by atoms with Crippen LogP contribution in [-0.4, -0.2) is 51.6 Å². The van der Waals surface area contributed by atoms with Crippen LogP contribution in [0.15, 0.2) is 0 Å². The Hall–Kier alpha value is 0.175. The minimum absolute atomic E-state index is 0.0896. The Bertz CT molecular complexity index is 298. The molecule has 2 heterocycles. The average Bonchev–Trinajstić information content (AvgIpc) is 2.56. The van der Waals surface area contributed by atoms with E-state index in [0.29, 0.717) is 25.8 Å². The zero-order valence-corrected chi connectivity index (χ0v) is 10.0. The highest BCUT2D eigenvalue weighted by molar-refractivity contribution is 7.58. The maximum absolute atomic E-state index is 11.8. The van der Waals surface area contributed by atoms with Gasteiger partial charge >= 0.3 is 0 Å². The summed E-state index contributed by atoms with van der Waals surface area (Å²) in [4.78, 5) is 0. The molecule has 2 rings (SSSR count). The van der Waals surface area contributed by atoms with Crippen LogP contribution in [0.2, 0.25) is 0 Å². The average molecular weight is 230 g/mol. The van der Waals surface area contributed by atoms with Crippen molar-refractivity contribution in [3.8, 4) is 0 Å². The van der Waals surface area contributed by atoms with Crippen LogP contribution < -0.4 is 0 Å². The van der Waals surface area contributed by atoms with Crippen molar-refractivity contribution < 1.29 is 18.6 Å². The minimum atomic E-state index is -2.51. The number of hydrogen-bond donors (Lipinski definition) is 0. The molecule has 2 fully saturated rings. The van der Waals surface area contributed by atoms with E-state index >= 15 is 0 Å². The second kappa shape index (κ2) is 3.88. The number of hydrogen-bond acceptors (Lipinski definition) is 4. The first-order chi connectivity index (χ1) is 6.97. The van der Waals surface area contributed by atoms with Crippen molar-refractivity contribution in [2.75, 3.05) is 26.0 Å². The molecule has 0 bridgehead atoms. The lowest BCUT2D eigenvalue weighted by atomic mass is 9.93. The van der Waals surface area contributed by atoms with E-state index in [1.54, 1.807) is 6.66 Å². The second-order valence-electron chi connectivity index (χ2n) is 4.35. The van der Waals surface area contributed by atoms with E-state index in [1.807, 2.05) is 6.92 Å². The fraction of sp³-hybridized carbons (Fsp3) is 1.00. The van der Waals surface area contributed by atoms with Gasteiger partial charge in [0.1, 0.15) is 13.4 Å². The lowest BCUT2D eigenvalue weighted by Gasteiger charge is -2.27. The van der Waals surface area contributed by atoms with Gasteiger partial charge in [0.25, 0.3) is 0 Å². The molecule has 4 atom stereocenters. The summed E-state index contributed by atoms with van der Waals surface area (Å²) in [7, 11) is 3.25. The first kappa shape index (κ1) is 11.7. The molecule has 4 nitrogen and oxygen atoms in total. The van der Waals surface area contributed by atoms with Gasteiger partial charge in [-0.3, -0.25) is 4.57 Å². The molecule has 6 heteroatoms. The van der Waals surface area contributed by atoms with Crippen molar-refractivity contribution in [3.63, 3.8) is 0 Å². The third kappa shape index (κ3) is 2.16. The van der Waals surface area contributed by atoms with Gasteiger partial charge in [0.2, 0.25) is 7.37 Å². The lowest BCUT2D eigenvalue weighted by molar-refractivity contribution is -0.0831. The quantitative estimate of drug-likeness (QED) is 0.524. The zero-order chi connectivity index (χ0) is 11.1. The molecule has 0 N–H and O–H groups in total. The molecule has 2 aliphatic rings. The minimum Gasteiger partial charge on any atom is -0.376 e. The molecule has 1 spiro atoms. The van der Waals surface area contributed by atoms with Crippen molar-refractivity contribution >= 4 is 15.2 Å². The van der Waals surface area contributed by atoms with E-state index in [9.17, 15) is 4.57 Å². The van der Waals surface area contributed by atoms with Crippen LogP contribution in [0.4, 0.5) is 0 Å². The van der Waals surface area contributed by atoms with E-state index in [2.05, 4.69) is 0 Å². The van der Waals surface area contributed by atoms with Crippen molar-refractivity contribution in [1.82, 2.24) is 0 Å². The molecule has 0 amide bonds. The monoisotopic (exact) mass is 230 g/mol. The fourth-order valence-corrected chi connectivity index (χ4v) is 4.29. The lowest BCUT2D eigenvalue weighted by Crippen LogP contribution is -2.44. The Kier molecular flexibility index (Phi) is 3.02. The summed E-state index contributed by atoms with van der Waals surface area (Å²) in [5.41, 5.74) is -0.570. The van der Waals surface area contributed by atoms with Crippen LogP contribution in [-0.2, 0) is 18.6 Å². The molecule has 2 saturated heterocycles. The van der Waals surface area contributed by atoms with Gasteiger partial charge in [-0.25, -0.2) is 0 Å². The number of ether oxygens (including phenoxy) is 2. The first-order valence-corrected chi connectivity index (χ1v) is 7.49. The van der Waals surface area contributed by atoms with Crippen molar-refractivity contribution in [3.05, 3.63) is 0 Å². The Morgan fingerprint density at radius 1 is 1.67 bits per heavy atom. The fourth-order valence-electron chi connectivity index (χ4n) is 2.36. The molecule has 15 heavy (non-hydrogen) atoms. The van der Waals surface area contributed by atoms with Crippen molar-refractivity contribution in [2.24, 2.45) is 0 Å². The second-order valence-corrected chi connectivity index (χ2v) is 6.95. The smallest absolute Gasteiger partial charge is 0.203 e. The van der Waals surface area contributed by atoms with Crippen molar-refractivity contribution in [1.29, 1.82) is 0 Å². The van der Waals surface area contributed by atoms with Crippen LogP contribution in [0.5, 0.6) is 0 Å². The predicted molar refractivity (Wildman–Crippen MR) is 57.7 cm³/mol. The molecular weight excluding hydrogens is 214 g/mol. The summed E-state index contributed by atoms with van der Waals surface area (Å²) in [5, 5.41) is 0. The summed E-state index contributed by atoms with van der Waals surface area (Å²) in [5.74, 6) is 0. The van der Waals surface area contributed by atoms with Crippen LogP contribution in [0.3, 0.4) is 0 Å². The molecule has 0 saturated carbocycles. The van der Waals surface area contributed by atoms with Gasteiger partial charge in [-0.15, -0.1) is 0 Å². The highest BCUT2D eigenvalue weighted by Gasteiger charge is 2.55. The van der Waals surface area contributed by atoms with E-state index in [-0.39, 0.29) is 12.1 Å². The van der Waals surface area contributed by atoms with Gasteiger partial charge in [0, 0.05) is 19.3 Å². The van der Waals surface area contributed by atoms with Crippen LogP contribution in [0.25, 0.3) is 0 Å². The van der Waals surface area contributed by atoms with E-state index in [4.69, 9.17) is 21.8 Å². The van der Waals surface area contributed by atoms with Crippen LogP contribution in [0.1, 0.15) is 13.3 Å². The highest BCUT2D eigenvalue weighted by atomic mass is 31.2. The molecule has 0 aromatic heterocycles. The third-order valence-corrected chi connectivity index (χ3v) is 4.71. The zero-order valence-electron chi connectivity index (χ0n) is 9.14. The normalized spacial score (nSPS) is 50.3. The topological polar surface area (TPSA) is 44.8 Å². The summed E-state index contributed by atoms with van der Waals surface area (Å²) >= 11 is 0. The molecule has 84 valence electrons. The van der Waals surface area contributed by atoms with Gasteiger partial charge in [0.05, 0.1) is 18.9 Å². The van der Waals surface area contributed by atoms with Gasteiger partial charge in [-0.1, -0.05) is 0 Å². The molecule has 2 unspecified atom stereocenters. The predicted octanol–water partition coefficient (Wildman–Crippen LogP) is 0.983. The molecule has 0 aromatic carbocycles. The van der Waals surface area contributed by atoms with Gasteiger partial charge in [-0.2, -0.15) is 0 Å². The van der Waals surface area contributed by atoms with Crippen LogP contribution in [0, 0.1) is 0 Å². The molecule has 2 radical (unpaired) electrons. The SMILES string of the molecule is [B][C@H]1CC(OCC)[C@@]2(COP(C)(=O)C2)O1. The van der Waals surface area contributed by atoms with Crippen molar-refractivity contribution in [2.45, 2.75) is 31.1 Å². The maximum Gasteiger partial charge on any atom is 0.203 e. The Morgan fingerprint density at radius 3 is 2.93 bits per heavy atom. The Balaban J connectivity index is 2.16. The first-order valence-electron chi connectivity index (χ1n) is 5.23. The molecule has 0 aliphatic carbocycles. The molecular formula is C9H16BO4P. The van der Waals surface area contributed by atoms with Crippen LogP contribution >= 0.6 is 7.37 Å². The maximum atomic E-state index is 11.8. The molecule has 0 aromatic rings. The van der Waals surface area contributed by atoms with Gasteiger partial charge < -0.3 is 14.0 Å². The van der Waals surface area contributed by atoms with E-state index in [0.717, 1.165) is 0 Å². The Morgan fingerprint density at radius 2 is 2.40 bits per heavy atom. The Labute approximate surface area is 91.5 Å². The third-order valence-electron chi connectivity index (χ3n) is 2.92. The molecule has 2 aliphatic heterocycles. The standard InChI is InChI=1S/C9H16BO4P/c1-3-12-7-4-8(10)14-9(7)5-13-15(2,11)6-9/h7-8H,3-6H2,1-2H3/t7?,8-,9+,15?/m1/s1. The summed E-state index contributed by atoms with van der Waals surface area (Å²) < 4.78 is 28.4. The van der Waals surface area contributed by atoms with E-state index < -0.39 is 13.0 Å². The largest absolute Gasteiger partial charge is 0.376 e. The van der Waals surface area contributed by atoms with E-state index in [1.165, 1.54) is 0 Å². The summed E-state index contributed by atoms with van der Waals surface area (Å²) in [6.07, 6.45) is 0.975. The highest BCUT2D eigenvalue weighted by Crippen LogP contribution is 2.56.